The van der Waals surface area contributed by atoms with Crippen molar-refractivity contribution in [3.8, 4) is 0 Å². The molecule has 3 heteroatoms. The highest BCUT2D eigenvalue weighted by atomic mass is 19.1. The third kappa shape index (κ3) is 3.93. The van der Waals surface area contributed by atoms with Crippen LogP contribution in [0.15, 0.2) is 24.3 Å². The number of carbonyl (C=O) groups is 1. The first kappa shape index (κ1) is 13.8. The number of hydrogen-bond donors (Lipinski definition) is 1. The first-order valence-electron chi connectivity index (χ1n) is 5.84. The molecule has 0 saturated heterocycles. The molecule has 1 aromatic rings. The molecular weight excluding hydrogens is 219 g/mol. The van der Waals surface area contributed by atoms with Crippen LogP contribution in [0.4, 0.5) is 4.39 Å². The lowest BCUT2D eigenvalue weighted by molar-refractivity contribution is -0.125. The van der Waals surface area contributed by atoms with Gasteiger partial charge in [-0.3, -0.25) is 4.79 Å². The van der Waals surface area contributed by atoms with Gasteiger partial charge >= 0.3 is 0 Å². The monoisotopic (exact) mass is 238 g/mol. The third-order valence-electron chi connectivity index (χ3n) is 2.99. The maximum atomic E-state index is 12.8. The maximum Gasteiger partial charge on any atom is 0.135 e. The van der Waals surface area contributed by atoms with Crippen LogP contribution in [0.25, 0.3) is 0 Å². The van der Waals surface area contributed by atoms with Gasteiger partial charge in [0.15, 0.2) is 0 Å². The van der Waals surface area contributed by atoms with Crippen molar-refractivity contribution in [1.29, 1.82) is 0 Å². The van der Waals surface area contributed by atoms with E-state index in [9.17, 15) is 14.3 Å². The Hall–Kier alpha value is -1.22. The van der Waals surface area contributed by atoms with Crippen LogP contribution in [0.1, 0.15) is 26.3 Å². The van der Waals surface area contributed by atoms with Gasteiger partial charge in [0.25, 0.3) is 0 Å². The van der Waals surface area contributed by atoms with E-state index in [1.807, 2.05) is 13.8 Å². The molecule has 0 aliphatic heterocycles. The van der Waals surface area contributed by atoms with Gasteiger partial charge in [-0.15, -0.1) is 0 Å². The van der Waals surface area contributed by atoms with Crippen molar-refractivity contribution in [3.63, 3.8) is 0 Å². The number of ketones is 1. The third-order valence-corrected chi connectivity index (χ3v) is 2.99. The Kier molecular flexibility index (Phi) is 4.82. The van der Waals surface area contributed by atoms with E-state index in [4.69, 9.17) is 0 Å². The Morgan fingerprint density at radius 1 is 1.29 bits per heavy atom. The van der Waals surface area contributed by atoms with Gasteiger partial charge in [0, 0.05) is 5.92 Å². The van der Waals surface area contributed by atoms with Gasteiger partial charge < -0.3 is 5.11 Å². The van der Waals surface area contributed by atoms with Crippen molar-refractivity contribution in [2.24, 2.45) is 11.8 Å². The van der Waals surface area contributed by atoms with Crippen molar-refractivity contribution < 1.29 is 14.3 Å². The molecule has 0 spiro atoms. The van der Waals surface area contributed by atoms with E-state index in [1.165, 1.54) is 19.1 Å². The molecule has 94 valence electrons. The summed E-state index contributed by atoms with van der Waals surface area (Å²) >= 11 is 0. The fourth-order valence-electron chi connectivity index (χ4n) is 1.84. The van der Waals surface area contributed by atoms with E-state index < -0.39 is 12.0 Å². The normalized spacial score (nSPS) is 14.7. The molecule has 0 bridgehead atoms. The highest BCUT2D eigenvalue weighted by Gasteiger charge is 2.26. The highest BCUT2D eigenvalue weighted by Crippen LogP contribution is 2.19. The summed E-state index contributed by atoms with van der Waals surface area (Å²) in [6, 6.07) is 6.04. The van der Waals surface area contributed by atoms with E-state index in [-0.39, 0.29) is 17.5 Å². The van der Waals surface area contributed by atoms with Gasteiger partial charge in [-0.2, -0.15) is 0 Å². The number of benzene rings is 1. The molecule has 0 heterocycles. The molecule has 2 nitrogen and oxygen atoms in total. The minimum Gasteiger partial charge on any atom is -0.392 e. The molecule has 0 unspecified atom stereocenters. The first-order valence-corrected chi connectivity index (χ1v) is 5.84. The lowest BCUT2D eigenvalue weighted by Gasteiger charge is -2.23. The van der Waals surface area contributed by atoms with Gasteiger partial charge in [0.05, 0.1) is 6.10 Å². The van der Waals surface area contributed by atoms with Gasteiger partial charge in [-0.05, 0) is 37.0 Å². The summed E-state index contributed by atoms with van der Waals surface area (Å²) in [4.78, 5) is 11.5. The summed E-state index contributed by atoms with van der Waals surface area (Å²) in [5, 5.41) is 9.98. The Labute approximate surface area is 101 Å². The van der Waals surface area contributed by atoms with Gasteiger partial charge in [-0.1, -0.05) is 26.0 Å². The molecule has 0 aliphatic carbocycles. The van der Waals surface area contributed by atoms with E-state index in [0.29, 0.717) is 6.42 Å². The standard InChI is InChI=1S/C14H19FO2/c1-9(2)14(17)13(10(3)16)8-11-4-6-12(15)7-5-11/h4-7,9,13-14,17H,8H2,1-3H3/t13-,14-/m0/s1. The van der Waals surface area contributed by atoms with E-state index in [2.05, 4.69) is 0 Å². The molecular formula is C14H19FO2. The summed E-state index contributed by atoms with van der Waals surface area (Å²) in [5.41, 5.74) is 0.867. The van der Waals surface area contributed by atoms with Crippen LogP contribution >= 0.6 is 0 Å². The fraction of sp³-hybridized carbons (Fsp3) is 0.500. The van der Waals surface area contributed by atoms with Gasteiger partial charge in [0.1, 0.15) is 11.6 Å². The number of Topliss-reactive ketones (excluding diaryl/α,β-unsaturated/α-hetero) is 1. The Balaban J connectivity index is 2.80. The number of aliphatic hydroxyl groups excluding tert-OH is 1. The van der Waals surface area contributed by atoms with Crippen molar-refractivity contribution >= 4 is 5.78 Å². The van der Waals surface area contributed by atoms with Crippen molar-refractivity contribution in [2.75, 3.05) is 0 Å². The quantitative estimate of drug-likeness (QED) is 0.856. The first-order chi connectivity index (χ1) is 7.91. The van der Waals surface area contributed by atoms with Crippen LogP contribution in [0.3, 0.4) is 0 Å². The summed E-state index contributed by atoms with van der Waals surface area (Å²) in [6.45, 7) is 5.25. The van der Waals surface area contributed by atoms with Crippen LogP contribution in [-0.4, -0.2) is 17.0 Å². The van der Waals surface area contributed by atoms with E-state index in [0.717, 1.165) is 5.56 Å². The summed E-state index contributed by atoms with van der Waals surface area (Å²) in [6.07, 6.45) is -0.202. The molecule has 0 fully saturated rings. The minimum atomic E-state index is -0.655. The molecule has 0 saturated carbocycles. The zero-order valence-electron chi connectivity index (χ0n) is 10.5. The van der Waals surface area contributed by atoms with Crippen LogP contribution < -0.4 is 0 Å². The summed E-state index contributed by atoms with van der Waals surface area (Å²) < 4.78 is 12.8. The number of halogens is 1. The Bertz CT molecular complexity index is 370. The molecule has 0 aliphatic rings. The number of carbonyl (C=O) groups excluding carboxylic acids is 1. The number of hydrogen-bond acceptors (Lipinski definition) is 2. The van der Waals surface area contributed by atoms with Crippen molar-refractivity contribution in [2.45, 2.75) is 33.3 Å². The van der Waals surface area contributed by atoms with Crippen molar-refractivity contribution in [1.82, 2.24) is 0 Å². The topological polar surface area (TPSA) is 37.3 Å². The largest absolute Gasteiger partial charge is 0.392 e. The molecule has 17 heavy (non-hydrogen) atoms. The van der Waals surface area contributed by atoms with E-state index >= 15 is 0 Å². The molecule has 0 amide bonds. The van der Waals surface area contributed by atoms with Crippen LogP contribution in [0.5, 0.6) is 0 Å². The zero-order chi connectivity index (χ0) is 13.0. The SMILES string of the molecule is CC(=O)[C@H](Cc1ccc(F)cc1)[C@@H](O)C(C)C. The second kappa shape index (κ2) is 5.92. The average molecular weight is 238 g/mol. The number of rotatable bonds is 5. The predicted octanol–water partition coefficient (Wildman–Crippen LogP) is 2.59. The van der Waals surface area contributed by atoms with Crippen molar-refractivity contribution in [3.05, 3.63) is 35.6 Å². The smallest absolute Gasteiger partial charge is 0.135 e. The lowest BCUT2D eigenvalue weighted by Crippen LogP contribution is -2.32. The highest BCUT2D eigenvalue weighted by molar-refractivity contribution is 5.79. The van der Waals surface area contributed by atoms with Crippen LogP contribution in [-0.2, 0) is 11.2 Å². The Morgan fingerprint density at radius 2 is 1.82 bits per heavy atom. The van der Waals surface area contributed by atoms with Crippen LogP contribution in [0.2, 0.25) is 0 Å². The molecule has 1 aromatic carbocycles. The average Bonchev–Trinajstić information content (AvgIpc) is 2.26. The van der Waals surface area contributed by atoms with Gasteiger partial charge in [-0.25, -0.2) is 4.39 Å². The molecule has 0 aromatic heterocycles. The number of aliphatic hydroxyl groups is 1. The molecule has 1 N–H and O–H groups in total. The van der Waals surface area contributed by atoms with Gasteiger partial charge in [0.2, 0.25) is 0 Å². The Morgan fingerprint density at radius 3 is 2.24 bits per heavy atom. The predicted molar refractivity (Wildman–Crippen MR) is 65.1 cm³/mol. The minimum absolute atomic E-state index is 0.0318. The molecule has 2 atom stereocenters. The zero-order valence-corrected chi connectivity index (χ0v) is 10.5. The second-order valence-corrected chi connectivity index (χ2v) is 4.78. The maximum absolute atomic E-state index is 12.8. The summed E-state index contributed by atoms with van der Waals surface area (Å²) in [7, 11) is 0. The second-order valence-electron chi connectivity index (χ2n) is 4.78. The lowest BCUT2D eigenvalue weighted by atomic mass is 9.85. The fourth-order valence-corrected chi connectivity index (χ4v) is 1.84. The van der Waals surface area contributed by atoms with Crippen LogP contribution in [0, 0.1) is 17.7 Å². The van der Waals surface area contributed by atoms with E-state index in [1.54, 1.807) is 12.1 Å². The summed E-state index contributed by atoms with van der Waals surface area (Å²) in [5.74, 6) is -0.710. The molecule has 0 radical (unpaired) electrons. The molecule has 1 rings (SSSR count).